The molecular weight excluding hydrogens is 284 g/mol. The lowest BCUT2D eigenvalue weighted by Crippen LogP contribution is -2.38. The number of nitrogens with zero attached hydrogens (tertiary/aromatic N) is 3. The third-order valence-corrected chi connectivity index (χ3v) is 3.64. The summed E-state index contributed by atoms with van der Waals surface area (Å²) in [6.07, 6.45) is 1.41. The van der Waals surface area contributed by atoms with Gasteiger partial charge in [0, 0.05) is 26.9 Å². The second-order valence-electron chi connectivity index (χ2n) is 5.78. The number of Topliss-reactive ketones (excluding diaryl/α,β-unsaturated/α-hetero) is 1. The second-order valence-corrected chi connectivity index (χ2v) is 5.78. The lowest BCUT2D eigenvalue weighted by molar-refractivity contribution is -0.122. The molecule has 2 amide bonds. The average Bonchev–Trinajstić information content (AvgIpc) is 2.80. The maximum Gasteiger partial charge on any atom is 0.240 e. The van der Waals surface area contributed by atoms with Gasteiger partial charge in [-0.1, -0.05) is 13.8 Å². The SMILES string of the molecule is CC(=O)c1c(N(C)C(C)=O)ncn1CC(=O)NC(C)C(C)C. The molecule has 1 unspecified atom stereocenters. The number of rotatable bonds is 6. The molecule has 0 fully saturated rings. The number of nitrogens with one attached hydrogen (secondary N) is 1. The molecule has 0 aliphatic heterocycles. The highest BCUT2D eigenvalue weighted by molar-refractivity contribution is 6.02. The van der Waals surface area contributed by atoms with Gasteiger partial charge in [-0.15, -0.1) is 0 Å². The van der Waals surface area contributed by atoms with Crippen molar-refractivity contribution in [3.8, 4) is 0 Å². The summed E-state index contributed by atoms with van der Waals surface area (Å²) in [6.45, 7) is 8.73. The molecule has 1 atom stereocenters. The van der Waals surface area contributed by atoms with Gasteiger partial charge in [-0.3, -0.25) is 19.3 Å². The molecule has 122 valence electrons. The Morgan fingerprint density at radius 2 is 1.86 bits per heavy atom. The van der Waals surface area contributed by atoms with Crippen LogP contribution in [-0.4, -0.2) is 40.2 Å². The van der Waals surface area contributed by atoms with E-state index in [4.69, 9.17) is 0 Å². The van der Waals surface area contributed by atoms with Gasteiger partial charge in [0.25, 0.3) is 0 Å². The number of carbonyl (C=O) groups excluding carboxylic acids is 3. The van der Waals surface area contributed by atoms with E-state index in [1.807, 2.05) is 20.8 Å². The van der Waals surface area contributed by atoms with Crippen molar-refractivity contribution in [1.29, 1.82) is 0 Å². The van der Waals surface area contributed by atoms with Crippen molar-refractivity contribution < 1.29 is 14.4 Å². The predicted molar refractivity (Wildman–Crippen MR) is 83.8 cm³/mol. The number of anilines is 1. The molecule has 0 aromatic carbocycles. The minimum absolute atomic E-state index is 0.00921. The van der Waals surface area contributed by atoms with Crippen molar-refractivity contribution in [2.75, 3.05) is 11.9 Å². The summed E-state index contributed by atoms with van der Waals surface area (Å²) < 4.78 is 1.47. The minimum atomic E-state index is -0.245. The van der Waals surface area contributed by atoms with Crippen molar-refractivity contribution in [1.82, 2.24) is 14.9 Å². The third-order valence-electron chi connectivity index (χ3n) is 3.64. The van der Waals surface area contributed by atoms with E-state index in [0.29, 0.717) is 5.92 Å². The van der Waals surface area contributed by atoms with Gasteiger partial charge in [-0.2, -0.15) is 0 Å². The molecule has 1 aromatic rings. The Balaban J connectivity index is 2.99. The van der Waals surface area contributed by atoms with Gasteiger partial charge in [0.2, 0.25) is 11.8 Å². The molecule has 0 bridgehead atoms. The van der Waals surface area contributed by atoms with E-state index >= 15 is 0 Å². The first kappa shape index (κ1) is 17.9. The fourth-order valence-corrected chi connectivity index (χ4v) is 1.87. The van der Waals surface area contributed by atoms with Crippen LogP contribution in [-0.2, 0) is 16.1 Å². The zero-order valence-electron chi connectivity index (χ0n) is 14.0. The summed E-state index contributed by atoms with van der Waals surface area (Å²) in [5.74, 6) is -0.0859. The summed E-state index contributed by atoms with van der Waals surface area (Å²) >= 11 is 0. The fourth-order valence-electron chi connectivity index (χ4n) is 1.87. The van der Waals surface area contributed by atoms with Crippen LogP contribution in [0.4, 0.5) is 5.82 Å². The number of hydrogen-bond acceptors (Lipinski definition) is 4. The maximum absolute atomic E-state index is 12.1. The van der Waals surface area contributed by atoms with Gasteiger partial charge >= 0.3 is 0 Å². The number of ketones is 1. The van der Waals surface area contributed by atoms with Gasteiger partial charge in [0.15, 0.2) is 11.6 Å². The molecular formula is C15H24N4O3. The van der Waals surface area contributed by atoms with E-state index in [-0.39, 0.29) is 41.7 Å². The monoisotopic (exact) mass is 308 g/mol. The summed E-state index contributed by atoms with van der Waals surface area (Å²) in [5, 5.41) is 2.88. The van der Waals surface area contributed by atoms with Crippen molar-refractivity contribution in [3.63, 3.8) is 0 Å². The van der Waals surface area contributed by atoms with Crippen LogP contribution in [0.2, 0.25) is 0 Å². The predicted octanol–water partition coefficient (Wildman–Crippen LogP) is 1.23. The standard InChI is InChI=1S/C15H24N4O3/c1-9(2)10(3)17-13(22)7-19-8-16-15(14(19)11(4)20)18(6)12(5)21/h8-10H,7H2,1-6H3,(H,17,22). The van der Waals surface area contributed by atoms with Gasteiger partial charge in [-0.25, -0.2) is 4.98 Å². The number of amides is 2. The second kappa shape index (κ2) is 7.20. The molecule has 0 aliphatic rings. The first-order valence-corrected chi connectivity index (χ1v) is 7.24. The van der Waals surface area contributed by atoms with Crippen molar-refractivity contribution in [2.24, 2.45) is 5.92 Å². The highest BCUT2D eigenvalue weighted by Gasteiger charge is 2.22. The fraction of sp³-hybridized carbons (Fsp3) is 0.600. The first-order chi connectivity index (χ1) is 10.1. The van der Waals surface area contributed by atoms with Crippen LogP contribution in [0.15, 0.2) is 6.33 Å². The molecule has 0 aliphatic carbocycles. The van der Waals surface area contributed by atoms with Crippen LogP contribution in [0.1, 0.15) is 45.1 Å². The van der Waals surface area contributed by atoms with E-state index in [1.165, 1.54) is 29.6 Å². The summed E-state index contributed by atoms with van der Waals surface area (Å²) in [4.78, 5) is 40.8. The van der Waals surface area contributed by atoms with E-state index < -0.39 is 0 Å². The van der Waals surface area contributed by atoms with Gasteiger partial charge < -0.3 is 9.88 Å². The Kier molecular flexibility index (Phi) is 5.84. The molecule has 7 heteroatoms. The van der Waals surface area contributed by atoms with Crippen LogP contribution >= 0.6 is 0 Å². The normalized spacial score (nSPS) is 12.1. The third kappa shape index (κ3) is 4.16. The molecule has 7 nitrogen and oxygen atoms in total. The van der Waals surface area contributed by atoms with Crippen molar-refractivity contribution in [3.05, 3.63) is 12.0 Å². The summed E-state index contributed by atoms with van der Waals surface area (Å²) in [7, 11) is 1.54. The Morgan fingerprint density at radius 3 is 2.32 bits per heavy atom. The van der Waals surface area contributed by atoms with Crippen LogP contribution in [0.5, 0.6) is 0 Å². The highest BCUT2D eigenvalue weighted by Crippen LogP contribution is 2.18. The number of imidazole rings is 1. The van der Waals surface area contributed by atoms with Crippen LogP contribution in [0.3, 0.4) is 0 Å². The van der Waals surface area contributed by atoms with Crippen LogP contribution in [0, 0.1) is 5.92 Å². The van der Waals surface area contributed by atoms with E-state index in [9.17, 15) is 14.4 Å². The number of aromatic nitrogens is 2. The highest BCUT2D eigenvalue weighted by atomic mass is 16.2. The molecule has 0 saturated heterocycles. The Bertz CT molecular complexity index is 577. The topological polar surface area (TPSA) is 84.3 Å². The van der Waals surface area contributed by atoms with Crippen molar-refractivity contribution >= 4 is 23.4 Å². The van der Waals surface area contributed by atoms with Crippen LogP contribution in [0.25, 0.3) is 0 Å². The Labute approximate surface area is 130 Å². The van der Waals surface area contributed by atoms with Gasteiger partial charge in [-0.05, 0) is 12.8 Å². The number of hydrogen-bond donors (Lipinski definition) is 1. The molecule has 1 N–H and O–H groups in total. The Morgan fingerprint density at radius 1 is 1.27 bits per heavy atom. The minimum Gasteiger partial charge on any atom is -0.352 e. The zero-order valence-corrected chi connectivity index (χ0v) is 14.0. The maximum atomic E-state index is 12.1. The van der Waals surface area contributed by atoms with E-state index in [0.717, 1.165) is 0 Å². The quantitative estimate of drug-likeness (QED) is 0.801. The zero-order chi connectivity index (χ0) is 17.0. The van der Waals surface area contributed by atoms with Gasteiger partial charge in [0.05, 0.1) is 6.33 Å². The lowest BCUT2D eigenvalue weighted by atomic mass is 10.1. The summed E-state index contributed by atoms with van der Waals surface area (Å²) in [5.41, 5.74) is 0.255. The molecule has 0 radical (unpaired) electrons. The van der Waals surface area contributed by atoms with E-state index in [2.05, 4.69) is 10.3 Å². The largest absolute Gasteiger partial charge is 0.352 e. The molecule has 0 spiro atoms. The van der Waals surface area contributed by atoms with Crippen LogP contribution < -0.4 is 10.2 Å². The Hall–Kier alpha value is -2.18. The average molecular weight is 308 g/mol. The molecule has 1 aromatic heterocycles. The summed E-state index contributed by atoms with van der Waals surface area (Å²) in [6, 6.07) is 0.0381. The first-order valence-electron chi connectivity index (χ1n) is 7.24. The molecule has 1 rings (SSSR count). The molecule has 1 heterocycles. The number of carbonyl (C=O) groups is 3. The lowest BCUT2D eigenvalue weighted by Gasteiger charge is -2.18. The van der Waals surface area contributed by atoms with Gasteiger partial charge in [0.1, 0.15) is 12.2 Å². The van der Waals surface area contributed by atoms with E-state index in [1.54, 1.807) is 7.05 Å². The van der Waals surface area contributed by atoms with Crippen molar-refractivity contribution in [2.45, 2.75) is 47.2 Å². The molecule has 22 heavy (non-hydrogen) atoms. The molecule has 0 saturated carbocycles. The smallest absolute Gasteiger partial charge is 0.240 e.